The zero-order valence-electron chi connectivity index (χ0n) is 25.6. The number of nitrogens with one attached hydrogen (secondary N) is 4. The third-order valence-corrected chi connectivity index (χ3v) is 8.36. The molecule has 9 nitrogen and oxygen atoms in total. The van der Waals surface area contributed by atoms with Gasteiger partial charge in [-0.2, -0.15) is 0 Å². The van der Waals surface area contributed by atoms with E-state index in [0.717, 1.165) is 48.3 Å². The van der Waals surface area contributed by atoms with E-state index in [9.17, 15) is 14.4 Å². The molecule has 3 aromatic carbocycles. The van der Waals surface area contributed by atoms with Crippen molar-refractivity contribution in [3.05, 3.63) is 120 Å². The lowest BCUT2D eigenvalue weighted by molar-refractivity contribution is -0.120. The van der Waals surface area contributed by atoms with Crippen molar-refractivity contribution in [3.8, 4) is 0 Å². The van der Waals surface area contributed by atoms with Crippen LogP contribution in [0, 0.1) is 0 Å². The summed E-state index contributed by atoms with van der Waals surface area (Å²) in [4.78, 5) is 45.4. The molecule has 3 amide bonds. The zero-order valence-corrected chi connectivity index (χ0v) is 25.6. The van der Waals surface area contributed by atoms with E-state index in [-0.39, 0.29) is 23.8 Å². The molecule has 46 heavy (non-hydrogen) atoms. The third kappa shape index (κ3) is 7.68. The molecule has 3 heterocycles. The SMILES string of the molecule is O=C(Nc1ccc(/C=C/c2ccc(NC(=O)[C@@H]3CCCN3C(=O)c3ccccc3NCc3ccccn3)cc2)cc1)[C@@H]1CCCN1. The van der Waals surface area contributed by atoms with Crippen molar-refractivity contribution < 1.29 is 14.4 Å². The van der Waals surface area contributed by atoms with E-state index in [4.69, 9.17) is 0 Å². The number of carbonyl (C=O) groups is 3. The number of rotatable bonds is 10. The van der Waals surface area contributed by atoms with Gasteiger partial charge >= 0.3 is 0 Å². The van der Waals surface area contributed by atoms with Crippen LogP contribution in [0.4, 0.5) is 17.1 Å². The Balaban J connectivity index is 1.03. The number of likely N-dealkylation sites (tertiary alicyclic amines) is 1. The van der Waals surface area contributed by atoms with Gasteiger partial charge in [-0.1, -0.05) is 54.6 Å². The summed E-state index contributed by atoms with van der Waals surface area (Å²) in [6, 6.07) is 27.8. The second-order valence-corrected chi connectivity index (χ2v) is 11.6. The maximum absolute atomic E-state index is 13.7. The van der Waals surface area contributed by atoms with Gasteiger partial charge in [0.2, 0.25) is 11.8 Å². The quantitative estimate of drug-likeness (QED) is 0.168. The van der Waals surface area contributed by atoms with Crippen molar-refractivity contribution in [1.82, 2.24) is 15.2 Å². The van der Waals surface area contributed by atoms with Crippen LogP contribution < -0.4 is 21.3 Å². The number of nitrogens with zero attached hydrogens (tertiary/aromatic N) is 2. The molecule has 0 bridgehead atoms. The first-order valence-electron chi connectivity index (χ1n) is 15.8. The van der Waals surface area contributed by atoms with Crippen LogP contribution in [0.5, 0.6) is 0 Å². The average molecular weight is 615 g/mol. The molecule has 2 aliphatic heterocycles. The van der Waals surface area contributed by atoms with Gasteiger partial charge < -0.3 is 26.2 Å². The largest absolute Gasteiger partial charge is 0.379 e. The lowest BCUT2D eigenvalue weighted by Crippen LogP contribution is -2.43. The van der Waals surface area contributed by atoms with Crippen LogP contribution in [-0.4, -0.2) is 52.8 Å². The number of para-hydroxylation sites is 1. The number of carbonyl (C=O) groups excluding carboxylic acids is 3. The Kier molecular flexibility index (Phi) is 9.80. The Morgan fingerprint density at radius 1 is 0.783 bits per heavy atom. The molecule has 6 rings (SSSR count). The molecule has 0 aliphatic carbocycles. The third-order valence-electron chi connectivity index (χ3n) is 8.36. The number of benzene rings is 3. The van der Waals surface area contributed by atoms with Gasteiger partial charge in [-0.25, -0.2) is 0 Å². The normalized spacial score (nSPS) is 17.6. The van der Waals surface area contributed by atoms with Crippen molar-refractivity contribution in [2.24, 2.45) is 0 Å². The highest BCUT2D eigenvalue weighted by molar-refractivity contribution is 6.04. The van der Waals surface area contributed by atoms with Crippen LogP contribution in [-0.2, 0) is 16.1 Å². The summed E-state index contributed by atoms with van der Waals surface area (Å²) in [6.07, 6.45) is 9.02. The highest BCUT2D eigenvalue weighted by Gasteiger charge is 2.35. The van der Waals surface area contributed by atoms with Gasteiger partial charge in [0.15, 0.2) is 0 Å². The molecular weight excluding hydrogens is 576 g/mol. The Hall–Kier alpha value is -5.28. The Morgan fingerprint density at radius 2 is 1.46 bits per heavy atom. The van der Waals surface area contributed by atoms with Gasteiger partial charge in [-0.3, -0.25) is 19.4 Å². The monoisotopic (exact) mass is 614 g/mol. The Labute approximate surface area is 269 Å². The molecule has 2 fully saturated rings. The topological polar surface area (TPSA) is 115 Å². The molecule has 9 heteroatoms. The minimum absolute atomic E-state index is 0.00957. The fraction of sp³-hybridized carbons (Fsp3) is 0.243. The number of anilines is 3. The average Bonchev–Trinajstić information content (AvgIpc) is 3.82. The predicted octanol–water partition coefficient (Wildman–Crippen LogP) is 5.80. The van der Waals surface area contributed by atoms with Gasteiger partial charge in [0, 0.05) is 29.8 Å². The molecule has 2 saturated heterocycles. The first-order chi connectivity index (χ1) is 22.5. The van der Waals surface area contributed by atoms with Crippen molar-refractivity contribution >= 4 is 46.9 Å². The maximum Gasteiger partial charge on any atom is 0.256 e. The summed E-state index contributed by atoms with van der Waals surface area (Å²) >= 11 is 0. The van der Waals surface area contributed by atoms with Gasteiger partial charge in [0.05, 0.1) is 23.8 Å². The standard InChI is InChI=1S/C37H38N6O3/c44-35(33-10-5-23-39-33)41-28-18-14-26(15-19-28)12-13-27-16-20-29(21-17-27)42-36(45)34-11-6-24-43(34)37(46)31-8-1-2-9-32(31)40-25-30-7-3-4-22-38-30/h1-4,7-9,12-22,33-34,39-40H,5-6,10-11,23-25H2,(H,41,44)(H,42,45)/b13-12+/t33-,34-/m0/s1. The van der Waals surface area contributed by atoms with Crippen molar-refractivity contribution in [2.75, 3.05) is 29.0 Å². The molecule has 2 aliphatic rings. The summed E-state index contributed by atoms with van der Waals surface area (Å²) in [5, 5.41) is 12.5. The summed E-state index contributed by atoms with van der Waals surface area (Å²) in [7, 11) is 0. The van der Waals surface area contributed by atoms with Crippen molar-refractivity contribution in [2.45, 2.75) is 44.3 Å². The second kappa shape index (κ2) is 14.7. The summed E-state index contributed by atoms with van der Waals surface area (Å²) in [5.74, 6) is -0.345. The van der Waals surface area contributed by atoms with Crippen LogP contribution in [0.3, 0.4) is 0 Å². The van der Waals surface area contributed by atoms with E-state index in [0.29, 0.717) is 36.4 Å². The van der Waals surface area contributed by atoms with Gasteiger partial charge in [-0.15, -0.1) is 0 Å². The zero-order chi connectivity index (χ0) is 31.7. The maximum atomic E-state index is 13.7. The second-order valence-electron chi connectivity index (χ2n) is 11.6. The number of amides is 3. The van der Waals surface area contributed by atoms with Gasteiger partial charge in [-0.05, 0) is 91.9 Å². The van der Waals surface area contributed by atoms with E-state index in [1.54, 1.807) is 17.2 Å². The van der Waals surface area contributed by atoms with E-state index in [2.05, 4.69) is 26.3 Å². The molecule has 4 N–H and O–H groups in total. The van der Waals surface area contributed by atoms with Crippen LogP contribution >= 0.6 is 0 Å². The highest BCUT2D eigenvalue weighted by atomic mass is 16.2. The Bertz CT molecular complexity index is 1680. The number of aromatic nitrogens is 1. The van der Waals surface area contributed by atoms with E-state index in [1.807, 2.05) is 97.1 Å². The minimum atomic E-state index is -0.543. The van der Waals surface area contributed by atoms with Crippen LogP contribution in [0.2, 0.25) is 0 Å². The van der Waals surface area contributed by atoms with E-state index < -0.39 is 6.04 Å². The lowest BCUT2D eigenvalue weighted by Gasteiger charge is -2.25. The van der Waals surface area contributed by atoms with Crippen LogP contribution in [0.15, 0.2) is 97.2 Å². The Morgan fingerprint density at radius 3 is 2.11 bits per heavy atom. The lowest BCUT2D eigenvalue weighted by atomic mass is 10.1. The van der Waals surface area contributed by atoms with Crippen molar-refractivity contribution in [1.29, 1.82) is 0 Å². The molecule has 1 aromatic heterocycles. The van der Waals surface area contributed by atoms with Crippen molar-refractivity contribution in [3.63, 3.8) is 0 Å². The summed E-state index contributed by atoms with van der Waals surface area (Å²) in [5.41, 5.74) is 5.57. The molecular formula is C37H38N6O3. The molecule has 4 aromatic rings. The van der Waals surface area contributed by atoms with E-state index >= 15 is 0 Å². The first kappa shape index (κ1) is 30.7. The molecule has 0 spiro atoms. The first-order valence-corrected chi connectivity index (χ1v) is 15.8. The van der Waals surface area contributed by atoms with Gasteiger partial charge in [0.25, 0.3) is 5.91 Å². The highest BCUT2D eigenvalue weighted by Crippen LogP contribution is 2.26. The van der Waals surface area contributed by atoms with Crippen LogP contribution in [0.1, 0.15) is 52.9 Å². The number of hydrogen-bond acceptors (Lipinski definition) is 6. The van der Waals surface area contributed by atoms with E-state index in [1.165, 1.54) is 0 Å². The summed E-state index contributed by atoms with van der Waals surface area (Å²) < 4.78 is 0. The smallest absolute Gasteiger partial charge is 0.256 e. The fourth-order valence-electron chi connectivity index (χ4n) is 5.86. The molecule has 2 atom stereocenters. The summed E-state index contributed by atoms with van der Waals surface area (Å²) in [6.45, 7) is 1.91. The molecule has 234 valence electrons. The van der Waals surface area contributed by atoms with Gasteiger partial charge in [0.1, 0.15) is 6.04 Å². The molecule has 0 saturated carbocycles. The number of hydrogen-bond donors (Lipinski definition) is 4. The minimum Gasteiger partial charge on any atom is -0.379 e. The van der Waals surface area contributed by atoms with Crippen LogP contribution in [0.25, 0.3) is 12.2 Å². The molecule has 0 unspecified atom stereocenters. The predicted molar refractivity (Wildman–Crippen MR) is 182 cm³/mol. The number of pyridine rings is 1. The fourth-order valence-corrected chi connectivity index (χ4v) is 5.86. The molecule has 0 radical (unpaired) electrons.